The third-order valence-electron chi connectivity index (χ3n) is 6.09. The zero-order valence-electron chi connectivity index (χ0n) is 18.6. The van der Waals surface area contributed by atoms with E-state index in [0.717, 1.165) is 13.0 Å². The first kappa shape index (κ1) is 23.5. The molecule has 0 saturated carbocycles. The summed E-state index contributed by atoms with van der Waals surface area (Å²) in [5.74, 6) is -4.79. The summed E-state index contributed by atoms with van der Waals surface area (Å²) in [6, 6.07) is 13.4. The molecule has 2 heterocycles. The Labute approximate surface area is 199 Å². The van der Waals surface area contributed by atoms with Gasteiger partial charge in [-0.1, -0.05) is 24.3 Å². The minimum Gasteiger partial charge on any atom is -0.345 e. The van der Waals surface area contributed by atoms with Gasteiger partial charge in [0.05, 0.1) is 23.1 Å². The zero-order valence-corrected chi connectivity index (χ0v) is 19.4. The Morgan fingerprint density at radius 2 is 1.85 bits per heavy atom. The summed E-state index contributed by atoms with van der Waals surface area (Å²) in [5, 5.41) is 22.3. The number of thiophene rings is 1. The quantitative estimate of drug-likeness (QED) is 0.513. The Morgan fingerprint density at radius 1 is 1.18 bits per heavy atom. The molecule has 34 heavy (non-hydrogen) atoms. The predicted octanol–water partition coefficient (Wildman–Crippen LogP) is 5.53. The van der Waals surface area contributed by atoms with Crippen LogP contribution in [0.5, 0.6) is 0 Å². The molecule has 1 aromatic heterocycles. The molecule has 1 saturated heterocycles. The number of carbonyl (C=O) groups excluding carboxylic acids is 1. The van der Waals surface area contributed by atoms with Crippen LogP contribution >= 0.6 is 11.3 Å². The maximum Gasteiger partial charge on any atom is 0.270 e. The average Bonchev–Trinajstić information content (AvgIpc) is 3.28. The van der Waals surface area contributed by atoms with Crippen molar-refractivity contribution in [3.05, 3.63) is 81.3 Å². The summed E-state index contributed by atoms with van der Waals surface area (Å²) in [4.78, 5) is 15.2. The Balaban J connectivity index is 1.80. The molecule has 2 atom stereocenters. The third-order valence-corrected chi connectivity index (χ3v) is 7.26. The number of benzene rings is 2. The fraction of sp³-hybridized carbons (Fsp3) is 0.240. The molecular weight excluding hydrogens is 461 g/mol. The molecule has 2 aromatic carbocycles. The highest BCUT2D eigenvalue weighted by Gasteiger charge is 2.49. The number of nitriles is 1. The van der Waals surface area contributed by atoms with Crippen molar-refractivity contribution in [3.8, 4) is 17.2 Å². The van der Waals surface area contributed by atoms with Gasteiger partial charge in [-0.3, -0.25) is 15.1 Å². The van der Waals surface area contributed by atoms with Crippen LogP contribution in [0.1, 0.15) is 41.3 Å². The number of guanidine groups is 1. The van der Waals surface area contributed by atoms with E-state index in [0.29, 0.717) is 21.6 Å². The summed E-state index contributed by atoms with van der Waals surface area (Å²) < 4.78 is 41.4. The van der Waals surface area contributed by atoms with E-state index in [1.54, 1.807) is 24.4 Å². The van der Waals surface area contributed by atoms with Gasteiger partial charge in [0.25, 0.3) is 5.92 Å². The van der Waals surface area contributed by atoms with Gasteiger partial charge in [0.1, 0.15) is 5.82 Å². The Bertz CT molecular complexity index is 1320. The van der Waals surface area contributed by atoms with E-state index in [1.165, 1.54) is 53.6 Å². The smallest absolute Gasteiger partial charge is 0.270 e. The molecule has 1 fully saturated rings. The molecular formula is C25H21F3N4OS. The number of halogens is 3. The van der Waals surface area contributed by atoms with Crippen LogP contribution in [0.4, 0.5) is 13.2 Å². The highest BCUT2D eigenvalue weighted by atomic mass is 32.1. The minimum atomic E-state index is -3.01. The standard InChI is InChI=1S/C25H21F3N4OS/c1-24(20-11-17(13-34-20)16-8-14(12-29)9-19(26)10-16)21(22(33)32(3)23(30)31-24)15-4-6-18(7-5-15)25(2,27)28/h4-11,13,21H,1-3H3,(H2,30,31)/t21-,24-/m1/s1. The first-order valence-corrected chi connectivity index (χ1v) is 11.2. The number of alkyl halides is 2. The van der Waals surface area contributed by atoms with Gasteiger partial charge in [-0.25, -0.2) is 13.2 Å². The molecule has 0 radical (unpaired) electrons. The monoisotopic (exact) mass is 482 g/mol. The van der Waals surface area contributed by atoms with Crippen LogP contribution in [-0.2, 0) is 16.3 Å². The van der Waals surface area contributed by atoms with Crippen molar-refractivity contribution in [3.63, 3.8) is 0 Å². The maximum atomic E-state index is 14.0. The second-order valence-corrected chi connectivity index (χ2v) is 9.47. The van der Waals surface area contributed by atoms with E-state index in [2.05, 4.69) is 5.32 Å². The molecule has 9 heteroatoms. The number of hydrogen-bond donors (Lipinski definition) is 2. The molecule has 4 rings (SSSR count). The molecule has 0 aliphatic carbocycles. The first-order chi connectivity index (χ1) is 15.9. The fourth-order valence-corrected chi connectivity index (χ4v) is 5.25. The van der Waals surface area contributed by atoms with Crippen LogP contribution in [0.25, 0.3) is 11.1 Å². The SMILES string of the molecule is CN1C(=N)N[C@](C)(c2cc(-c3cc(F)cc(C#N)c3)cs2)[C@H](c2ccc(C(C)(F)F)cc2)C1=O. The van der Waals surface area contributed by atoms with E-state index >= 15 is 0 Å². The van der Waals surface area contributed by atoms with E-state index < -0.39 is 23.2 Å². The average molecular weight is 483 g/mol. The molecule has 0 spiro atoms. The molecule has 1 amide bonds. The van der Waals surface area contributed by atoms with Crippen molar-refractivity contribution in [2.75, 3.05) is 7.05 Å². The Kier molecular flexibility index (Phi) is 5.74. The molecule has 2 N–H and O–H groups in total. The molecule has 5 nitrogen and oxygen atoms in total. The normalized spacial score (nSPS) is 20.7. The zero-order chi connectivity index (χ0) is 24.8. The van der Waals surface area contributed by atoms with E-state index in [-0.39, 0.29) is 23.0 Å². The van der Waals surface area contributed by atoms with Crippen molar-refractivity contribution in [1.29, 1.82) is 10.7 Å². The molecule has 1 aliphatic heterocycles. The maximum absolute atomic E-state index is 14.0. The van der Waals surface area contributed by atoms with Crippen LogP contribution < -0.4 is 5.32 Å². The summed E-state index contributed by atoms with van der Waals surface area (Å²) in [7, 11) is 1.48. The highest BCUT2D eigenvalue weighted by molar-refractivity contribution is 7.10. The first-order valence-electron chi connectivity index (χ1n) is 10.4. The molecule has 0 bridgehead atoms. The summed E-state index contributed by atoms with van der Waals surface area (Å²) >= 11 is 1.32. The second-order valence-electron chi connectivity index (χ2n) is 8.56. The van der Waals surface area contributed by atoms with E-state index in [4.69, 9.17) is 10.7 Å². The summed E-state index contributed by atoms with van der Waals surface area (Å²) in [6.07, 6.45) is 0. The van der Waals surface area contributed by atoms with Crippen LogP contribution in [0.3, 0.4) is 0 Å². The summed E-state index contributed by atoms with van der Waals surface area (Å²) in [5.41, 5.74) is 0.673. The van der Waals surface area contributed by atoms with Gasteiger partial charge in [-0.15, -0.1) is 11.3 Å². The third kappa shape index (κ3) is 4.05. The number of hydrogen-bond acceptors (Lipinski definition) is 4. The minimum absolute atomic E-state index is 0.0899. The van der Waals surface area contributed by atoms with Gasteiger partial charge in [0.15, 0.2) is 5.96 Å². The van der Waals surface area contributed by atoms with Gasteiger partial charge >= 0.3 is 0 Å². The van der Waals surface area contributed by atoms with Gasteiger partial charge in [0.2, 0.25) is 5.91 Å². The second kappa shape index (κ2) is 8.29. The van der Waals surface area contributed by atoms with Crippen molar-refractivity contribution in [1.82, 2.24) is 10.2 Å². The number of rotatable bonds is 4. The number of amides is 1. The van der Waals surface area contributed by atoms with Crippen LogP contribution in [0.2, 0.25) is 0 Å². The largest absolute Gasteiger partial charge is 0.345 e. The lowest BCUT2D eigenvalue weighted by Gasteiger charge is -2.45. The lowest BCUT2D eigenvalue weighted by molar-refractivity contribution is -0.131. The van der Waals surface area contributed by atoms with Crippen LogP contribution in [-0.4, -0.2) is 23.8 Å². The summed E-state index contributed by atoms with van der Waals surface area (Å²) in [6.45, 7) is 2.59. The lowest BCUT2D eigenvalue weighted by atomic mass is 9.76. The van der Waals surface area contributed by atoms with Gasteiger partial charge in [-0.2, -0.15) is 5.26 Å². The van der Waals surface area contributed by atoms with Gasteiger partial charge in [0, 0.05) is 24.4 Å². The number of likely N-dealkylation sites (N-methyl/N-ethyl adjacent to an activating group) is 1. The van der Waals surface area contributed by atoms with Crippen LogP contribution in [0, 0.1) is 22.6 Å². The van der Waals surface area contributed by atoms with Crippen molar-refractivity contribution >= 4 is 23.2 Å². The lowest BCUT2D eigenvalue weighted by Crippen LogP contribution is -2.62. The number of carbonyl (C=O) groups is 1. The topological polar surface area (TPSA) is 80.0 Å². The van der Waals surface area contributed by atoms with Crippen molar-refractivity contribution in [2.24, 2.45) is 0 Å². The van der Waals surface area contributed by atoms with Crippen molar-refractivity contribution < 1.29 is 18.0 Å². The molecule has 3 aromatic rings. The Morgan fingerprint density at radius 3 is 2.47 bits per heavy atom. The van der Waals surface area contributed by atoms with Gasteiger partial charge < -0.3 is 5.32 Å². The van der Waals surface area contributed by atoms with E-state index in [9.17, 15) is 18.0 Å². The van der Waals surface area contributed by atoms with Gasteiger partial charge in [-0.05, 0) is 53.3 Å². The van der Waals surface area contributed by atoms with E-state index in [1.807, 2.05) is 6.07 Å². The number of nitrogens with zero attached hydrogens (tertiary/aromatic N) is 2. The molecule has 1 aliphatic rings. The highest BCUT2D eigenvalue weighted by Crippen LogP contribution is 2.44. The van der Waals surface area contributed by atoms with Crippen LogP contribution in [0.15, 0.2) is 53.9 Å². The fourth-order valence-electron chi connectivity index (χ4n) is 4.18. The van der Waals surface area contributed by atoms with Crippen molar-refractivity contribution in [2.45, 2.75) is 31.2 Å². The Hall–Kier alpha value is -3.64. The predicted molar refractivity (Wildman–Crippen MR) is 124 cm³/mol. The number of nitrogens with one attached hydrogen (secondary N) is 2. The molecule has 174 valence electrons. The molecule has 0 unspecified atom stereocenters.